The van der Waals surface area contributed by atoms with Crippen molar-refractivity contribution >= 4 is 0 Å². The fraction of sp³-hybridized carbons (Fsp3) is 0.250. The number of hydrazine groups is 1. The van der Waals surface area contributed by atoms with Gasteiger partial charge in [-0.25, -0.2) is 5.01 Å². The van der Waals surface area contributed by atoms with Gasteiger partial charge < -0.3 is 5.11 Å². The van der Waals surface area contributed by atoms with Crippen LogP contribution in [-0.4, -0.2) is 16.2 Å². The third kappa shape index (κ3) is 3.64. The van der Waals surface area contributed by atoms with E-state index in [-0.39, 0.29) is 6.04 Å². The largest absolute Gasteiger partial charge is 0.387 e. The Bertz CT molecular complexity index is 487. The highest BCUT2D eigenvalue weighted by molar-refractivity contribution is 5.19. The van der Waals surface area contributed by atoms with Gasteiger partial charge in [-0.1, -0.05) is 60.7 Å². The van der Waals surface area contributed by atoms with E-state index in [0.717, 1.165) is 11.1 Å². The normalized spacial score (nSPS) is 14.3. The summed E-state index contributed by atoms with van der Waals surface area (Å²) in [6, 6.07) is 19.5. The molecule has 3 heteroatoms. The average molecular weight is 256 g/mol. The van der Waals surface area contributed by atoms with E-state index in [1.165, 1.54) is 0 Å². The van der Waals surface area contributed by atoms with Gasteiger partial charge in [-0.3, -0.25) is 5.84 Å². The molecule has 0 aliphatic heterocycles. The van der Waals surface area contributed by atoms with Crippen LogP contribution in [0.15, 0.2) is 60.7 Å². The molecule has 0 aliphatic rings. The van der Waals surface area contributed by atoms with Crippen molar-refractivity contribution in [2.45, 2.75) is 25.6 Å². The second-order valence-electron chi connectivity index (χ2n) is 4.75. The molecule has 2 aromatic carbocycles. The van der Waals surface area contributed by atoms with Gasteiger partial charge in [0.1, 0.15) is 0 Å². The number of hydrogen-bond acceptors (Lipinski definition) is 3. The zero-order valence-corrected chi connectivity index (χ0v) is 11.1. The monoisotopic (exact) mass is 256 g/mol. The van der Waals surface area contributed by atoms with Crippen LogP contribution in [0.2, 0.25) is 0 Å². The molecule has 0 heterocycles. The van der Waals surface area contributed by atoms with Gasteiger partial charge in [-0.05, 0) is 18.1 Å². The van der Waals surface area contributed by atoms with E-state index < -0.39 is 6.10 Å². The lowest BCUT2D eigenvalue weighted by atomic mass is 10.0. The van der Waals surface area contributed by atoms with E-state index in [1.54, 1.807) is 5.01 Å². The van der Waals surface area contributed by atoms with Crippen LogP contribution in [0, 0.1) is 0 Å². The van der Waals surface area contributed by atoms with E-state index in [9.17, 15) is 5.11 Å². The van der Waals surface area contributed by atoms with Crippen LogP contribution >= 0.6 is 0 Å². The van der Waals surface area contributed by atoms with Crippen LogP contribution in [0.3, 0.4) is 0 Å². The first kappa shape index (κ1) is 13.7. The van der Waals surface area contributed by atoms with Gasteiger partial charge in [-0.15, -0.1) is 0 Å². The Morgan fingerprint density at radius 1 is 1.00 bits per heavy atom. The van der Waals surface area contributed by atoms with E-state index in [2.05, 4.69) is 0 Å². The number of hydrogen-bond donors (Lipinski definition) is 2. The molecule has 3 nitrogen and oxygen atoms in total. The molecule has 0 bridgehead atoms. The molecule has 3 N–H and O–H groups in total. The van der Waals surface area contributed by atoms with Gasteiger partial charge in [0.05, 0.1) is 12.1 Å². The topological polar surface area (TPSA) is 49.5 Å². The minimum absolute atomic E-state index is 0.150. The Balaban J connectivity index is 2.01. The second-order valence-corrected chi connectivity index (χ2v) is 4.75. The van der Waals surface area contributed by atoms with Crippen molar-refractivity contribution in [1.82, 2.24) is 5.01 Å². The lowest BCUT2D eigenvalue weighted by Gasteiger charge is -2.28. The molecule has 0 saturated heterocycles. The lowest BCUT2D eigenvalue weighted by molar-refractivity contribution is 0.0531. The summed E-state index contributed by atoms with van der Waals surface area (Å²) in [6.07, 6.45) is -0.588. The highest BCUT2D eigenvalue weighted by Gasteiger charge is 2.20. The molecule has 2 aromatic rings. The molecule has 0 aliphatic carbocycles. The number of nitrogens with two attached hydrogens (primary N) is 1. The average Bonchev–Trinajstić information content (AvgIpc) is 2.47. The predicted molar refractivity (Wildman–Crippen MR) is 77.0 cm³/mol. The molecular formula is C16H20N2O. The van der Waals surface area contributed by atoms with Crippen molar-refractivity contribution in [3.8, 4) is 0 Å². The van der Waals surface area contributed by atoms with Crippen molar-refractivity contribution in [1.29, 1.82) is 0 Å². The minimum atomic E-state index is -0.588. The van der Waals surface area contributed by atoms with Crippen LogP contribution in [0.25, 0.3) is 0 Å². The minimum Gasteiger partial charge on any atom is -0.387 e. The van der Waals surface area contributed by atoms with E-state index in [0.29, 0.717) is 6.54 Å². The molecule has 0 spiro atoms. The second kappa shape index (κ2) is 6.48. The summed E-state index contributed by atoms with van der Waals surface area (Å²) in [7, 11) is 0. The van der Waals surface area contributed by atoms with Gasteiger partial charge >= 0.3 is 0 Å². The number of nitrogens with zero attached hydrogens (tertiary/aromatic N) is 1. The lowest BCUT2D eigenvalue weighted by Crippen LogP contribution is -2.42. The molecule has 0 radical (unpaired) electrons. The van der Waals surface area contributed by atoms with Crippen molar-refractivity contribution in [2.24, 2.45) is 5.84 Å². The molecule has 0 aromatic heterocycles. The first-order valence-electron chi connectivity index (χ1n) is 6.47. The Morgan fingerprint density at radius 3 is 2.11 bits per heavy atom. The summed E-state index contributed by atoms with van der Waals surface area (Å²) >= 11 is 0. The van der Waals surface area contributed by atoms with Crippen LogP contribution < -0.4 is 5.84 Å². The Morgan fingerprint density at radius 2 is 1.53 bits per heavy atom. The van der Waals surface area contributed by atoms with Crippen LogP contribution in [0.4, 0.5) is 0 Å². The maximum absolute atomic E-state index is 10.3. The van der Waals surface area contributed by atoms with Gasteiger partial charge in [0.25, 0.3) is 0 Å². The van der Waals surface area contributed by atoms with Crippen molar-refractivity contribution in [3.05, 3.63) is 71.8 Å². The van der Waals surface area contributed by atoms with Crippen LogP contribution in [0.5, 0.6) is 0 Å². The molecule has 100 valence electrons. The molecule has 0 saturated carbocycles. The summed E-state index contributed by atoms with van der Waals surface area (Å²) in [5.74, 6) is 6.06. The first-order chi connectivity index (χ1) is 9.18. The standard InChI is InChI=1S/C16H20N2O/c1-13(16(19)15-10-6-3-7-11-15)18(17)12-14-8-4-2-5-9-14/h2-11,13,16,19H,12,17H2,1H3/t13-,16?/m1/s1. The zero-order chi connectivity index (χ0) is 13.7. The van der Waals surface area contributed by atoms with Crippen molar-refractivity contribution < 1.29 is 5.11 Å². The van der Waals surface area contributed by atoms with Crippen molar-refractivity contribution in [2.75, 3.05) is 0 Å². The molecule has 19 heavy (non-hydrogen) atoms. The predicted octanol–water partition coefficient (Wildman–Crippen LogP) is 2.48. The van der Waals surface area contributed by atoms with Gasteiger partial charge in [0, 0.05) is 6.54 Å². The van der Waals surface area contributed by atoms with Gasteiger partial charge in [0.15, 0.2) is 0 Å². The number of rotatable bonds is 5. The number of aliphatic hydroxyl groups is 1. The Hall–Kier alpha value is -1.68. The maximum atomic E-state index is 10.3. The molecule has 0 amide bonds. The quantitative estimate of drug-likeness (QED) is 0.638. The summed E-state index contributed by atoms with van der Waals surface area (Å²) < 4.78 is 0. The van der Waals surface area contributed by atoms with E-state index in [1.807, 2.05) is 67.6 Å². The number of aliphatic hydroxyl groups excluding tert-OH is 1. The first-order valence-corrected chi connectivity index (χ1v) is 6.47. The van der Waals surface area contributed by atoms with Gasteiger partial charge in [-0.2, -0.15) is 0 Å². The SMILES string of the molecule is C[C@H](C(O)c1ccccc1)N(N)Cc1ccccc1. The molecule has 1 unspecified atom stereocenters. The Labute approximate surface area is 114 Å². The summed E-state index contributed by atoms with van der Waals surface area (Å²) in [6.45, 7) is 2.55. The molecule has 2 rings (SSSR count). The Kier molecular flexibility index (Phi) is 4.68. The zero-order valence-electron chi connectivity index (χ0n) is 11.1. The smallest absolute Gasteiger partial charge is 0.0956 e. The summed E-state index contributed by atoms with van der Waals surface area (Å²) in [4.78, 5) is 0. The van der Waals surface area contributed by atoms with E-state index in [4.69, 9.17) is 5.84 Å². The maximum Gasteiger partial charge on any atom is 0.0956 e. The van der Waals surface area contributed by atoms with E-state index >= 15 is 0 Å². The fourth-order valence-electron chi connectivity index (χ4n) is 2.05. The fourth-order valence-corrected chi connectivity index (χ4v) is 2.05. The summed E-state index contributed by atoms with van der Waals surface area (Å²) in [5.41, 5.74) is 2.02. The molecule has 0 fully saturated rings. The van der Waals surface area contributed by atoms with Gasteiger partial charge in [0.2, 0.25) is 0 Å². The van der Waals surface area contributed by atoms with Crippen molar-refractivity contribution in [3.63, 3.8) is 0 Å². The highest BCUT2D eigenvalue weighted by Crippen LogP contribution is 2.20. The number of benzene rings is 2. The van der Waals surface area contributed by atoms with Crippen LogP contribution in [0.1, 0.15) is 24.2 Å². The highest BCUT2D eigenvalue weighted by atomic mass is 16.3. The third-order valence-corrected chi connectivity index (χ3v) is 3.33. The molecular weight excluding hydrogens is 236 g/mol. The summed E-state index contributed by atoms with van der Waals surface area (Å²) in [5, 5.41) is 12.0. The molecule has 2 atom stereocenters. The van der Waals surface area contributed by atoms with Crippen LogP contribution in [-0.2, 0) is 6.54 Å². The third-order valence-electron chi connectivity index (χ3n) is 3.33.